The number of benzene rings is 1. The number of hydrogen-bond acceptors (Lipinski definition) is 6. The van der Waals surface area contributed by atoms with Crippen molar-refractivity contribution in [1.29, 1.82) is 0 Å². The quantitative estimate of drug-likeness (QED) is 0.641. The minimum absolute atomic E-state index is 0.408. The van der Waals surface area contributed by atoms with Crippen molar-refractivity contribution in [2.75, 3.05) is 5.43 Å². The van der Waals surface area contributed by atoms with Crippen molar-refractivity contribution < 1.29 is 4.74 Å². The average molecular weight is 250 g/mol. The van der Waals surface area contributed by atoms with Crippen LogP contribution in [0.25, 0.3) is 0 Å². The maximum absolute atomic E-state index is 5.75. The minimum atomic E-state index is 0.408. The van der Waals surface area contributed by atoms with Crippen LogP contribution in [0.5, 0.6) is 5.75 Å². The number of nitrogen functional groups attached to an aromatic ring is 1. The zero-order chi connectivity index (χ0) is 12.3. The highest BCUT2D eigenvalue weighted by Crippen LogP contribution is 2.24. The Balaban J connectivity index is 2.07. The third-order valence-corrected chi connectivity index (χ3v) is 3.17. The summed E-state index contributed by atoms with van der Waals surface area (Å²) in [6, 6.07) is 6.06. The summed E-state index contributed by atoms with van der Waals surface area (Å²) in [7, 11) is 0. The molecule has 1 aromatic carbocycles. The first kappa shape index (κ1) is 11.8. The topological polar surface area (TPSA) is 73.1 Å². The molecule has 0 atom stereocenters. The SMILES string of the molecule is Cc1cccc(C)c1OCc1nnc(NN)s1. The van der Waals surface area contributed by atoms with Gasteiger partial charge in [-0.05, 0) is 25.0 Å². The number of hydrazine groups is 1. The lowest BCUT2D eigenvalue weighted by molar-refractivity contribution is 0.300. The summed E-state index contributed by atoms with van der Waals surface area (Å²) in [6.07, 6.45) is 0. The van der Waals surface area contributed by atoms with Crippen molar-refractivity contribution in [3.8, 4) is 5.75 Å². The molecule has 1 heterocycles. The Labute approximate surface area is 104 Å². The van der Waals surface area contributed by atoms with E-state index in [1.54, 1.807) is 0 Å². The summed E-state index contributed by atoms with van der Waals surface area (Å²) in [6.45, 7) is 4.45. The largest absolute Gasteiger partial charge is 0.486 e. The molecule has 2 aromatic rings. The molecule has 17 heavy (non-hydrogen) atoms. The van der Waals surface area contributed by atoms with Crippen molar-refractivity contribution in [3.63, 3.8) is 0 Å². The predicted molar refractivity (Wildman–Crippen MR) is 68.0 cm³/mol. The zero-order valence-electron chi connectivity index (χ0n) is 9.73. The number of rotatable bonds is 4. The van der Waals surface area contributed by atoms with Gasteiger partial charge in [-0.1, -0.05) is 29.5 Å². The lowest BCUT2D eigenvalue weighted by Gasteiger charge is -2.09. The van der Waals surface area contributed by atoms with Gasteiger partial charge in [0.2, 0.25) is 5.13 Å². The highest BCUT2D eigenvalue weighted by molar-refractivity contribution is 7.15. The van der Waals surface area contributed by atoms with E-state index in [0.717, 1.165) is 21.9 Å². The van der Waals surface area contributed by atoms with Crippen molar-refractivity contribution in [2.45, 2.75) is 20.5 Å². The second kappa shape index (κ2) is 5.11. The van der Waals surface area contributed by atoms with Crippen LogP contribution < -0.4 is 16.0 Å². The van der Waals surface area contributed by atoms with E-state index >= 15 is 0 Å². The average Bonchev–Trinajstić information content (AvgIpc) is 2.76. The molecule has 2 rings (SSSR count). The molecule has 0 fully saturated rings. The van der Waals surface area contributed by atoms with Crippen molar-refractivity contribution in [3.05, 3.63) is 34.3 Å². The highest BCUT2D eigenvalue weighted by atomic mass is 32.1. The van der Waals surface area contributed by atoms with Gasteiger partial charge in [0.05, 0.1) is 0 Å². The van der Waals surface area contributed by atoms with Crippen LogP contribution in [0.4, 0.5) is 5.13 Å². The number of nitrogens with one attached hydrogen (secondary N) is 1. The highest BCUT2D eigenvalue weighted by Gasteiger charge is 2.06. The molecule has 0 aliphatic heterocycles. The Kier molecular flexibility index (Phi) is 3.55. The Hall–Kier alpha value is -1.66. The monoisotopic (exact) mass is 250 g/mol. The van der Waals surface area contributed by atoms with Gasteiger partial charge in [-0.15, -0.1) is 10.2 Å². The summed E-state index contributed by atoms with van der Waals surface area (Å²) in [5.41, 5.74) is 4.69. The molecule has 3 N–H and O–H groups in total. The van der Waals surface area contributed by atoms with E-state index in [1.165, 1.54) is 11.3 Å². The molecule has 0 saturated carbocycles. The maximum atomic E-state index is 5.75. The molecule has 0 aliphatic carbocycles. The summed E-state index contributed by atoms with van der Waals surface area (Å²) >= 11 is 1.38. The molecule has 0 amide bonds. The van der Waals surface area contributed by atoms with Gasteiger partial charge in [0.15, 0.2) is 5.01 Å². The summed E-state index contributed by atoms with van der Waals surface area (Å²) < 4.78 is 5.75. The number of aryl methyl sites for hydroxylation is 2. The molecule has 0 radical (unpaired) electrons. The fourth-order valence-electron chi connectivity index (χ4n) is 1.53. The van der Waals surface area contributed by atoms with Gasteiger partial charge in [-0.2, -0.15) is 0 Å². The third-order valence-electron chi connectivity index (χ3n) is 2.34. The van der Waals surface area contributed by atoms with Gasteiger partial charge in [-0.3, -0.25) is 5.43 Å². The molecule has 5 nitrogen and oxygen atoms in total. The molecule has 0 spiro atoms. The molecule has 0 bridgehead atoms. The Morgan fingerprint density at radius 2 is 2.00 bits per heavy atom. The molecular formula is C11H14N4OS. The smallest absolute Gasteiger partial charge is 0.219 e. The van der Waals surface area contributed by atoms with E-state index in [0.29, 0.717) is 11.7 Å². The number of nitrogens with zero attached hydrogens (tertiary/aromatic N) is 2. The fraction of sp³-hybridized carbons (Fsp3) is 0.273. The van der Waals surface area contributed by atoms with Crippen molar-refractivity contribution >= 4 is 16.5 Å². The normalized spacial score (nSPS) is 10.3. The Bertz CT molecular complexity index is 492. The molecule has 0 aliphatic rings. The van der Waals surface area contributed by atoms with Crippen molar-refractivity contribution in [1.82, 2.24) is 10.2 Å². The van der Waals surface area contributed by atoms with Gasteiger partial charge < -0.3 is 4.74 Å². The van der Waals surface area contributed by atoms with Crippen LogP contribution in [-0.4, -0.2) is 10.2 Å². The Morgan fingerprint density at radius 1 is 1.29 bits per heavy atom. The first-order valence-corrected chi connectivity index (χ1v) is 6.00. The van der Waals surface area contributed by atoms with Crippen LogP contribution in [0.2, 0.25) is 0 Å². The van der Waals surface area contributed by atoms with E-state index in [-0.39, 0.29) is 0 Å². The molecular weight excluding hydrogens is 236 g/mol. The fourth-order valence-corrected chi connectivity index (χ4v) is 2.09. The minimum Gasteiger partial charge on any atom is -0.486 e. The number of aromatic nitrogens is 2. The van der Waals surface area contributed by atoms with Crippen LogP contribution >= 0.6 is 11.3 Å². The zero-order valence-corrected chi connectivity index (χ0v) is 10.5. The van der Waals surface area contributed by atoms with E-state index in [9.17, 15) is 0 Å². The van der Waals surface area contributed by atoms with E-state index in [2.05, 4.69) is 15.6 Å². The van der Waals surface area contributed by atoms with Gasteiger partial charge in [0.25, 0.3) is 0 Å². The first-order chi connectivity index (χ1) is 8.20. The lowest BCUT2D eigenvalue weighted by atomic mass is 10.1. The molecule has 0 unspecified atom stereocenters. The van der Waals surface area contributed by atoms with Crippen LogP contribution in [0, 0.1) is 13.8 Å². The summed E-state index contributed by atoms with van der Waals surface area (Å²) in [5, 5.41) is 9.19. The third kappa shape index (κ3) is 2.72. The van der Waals surface area contributed by atoms with E-state index in [4.69, 9.17) is 10.6 Å². The van der Waals surface area contributed by atoms with E-state index < -0.39 is 0 Å². The Morgan fingerprint density at radius 3 is 2.59 bits per heavy atom. The second-order valence-electron chi connectivity index (χ2n) is 3.65. The van der Waals surface area contributed by atoms with Crippen LogP contribution in [0.15, 0.2) is 18.2 Å². The maximum Gasteiger partial charge on any atom is 0.219 e. The van der Waals surface area contributed by atoms with Gasteiger partial charge >= 0.3 is 0 Å². The predicted octanol–water partition coefficient (Wildman–Crippen LogP) is 2.02. The van der Waals surface area contributed by atoms with Crippen molar-refractivity contribution in [2.24, 2.45) is 5.84 Å². The van der Waals surface area contributed by atoms with Crippen LogP contribution in [-0.2, 0) is 6.61 Å². The standard InChI is InChI=1S/C11H14N4OS/c1-7-4-3-5-8(2)10(7)16-6-9-14-15-11(13-12)17-9/h3-5H,6,12H2,1-2H3,(H,13,15). The first-order valence-electron chi connectivity index (χ1n) is 5.18. The van der Waals surface area contributed by atoms with Gasteiger partial charge in [-0.25, -0.2) is 5.84 Å². The molecule has 1 aromatic heterocycles. The number of anilines is 1. The summed E-state index contributed by atoms with van der Waals surface area (Å²) in [4.78, 5) is 0. The van der Waals surface area contributed by atoms with Crippen LogP contribution in [0.1, 0.15) is 16.1 Å². The van der Waals surface area contributed by atoms with Gasteiger partial charge in [0, 0.05) is 0 Å². The molecule has 6 heteroatoms. The summed E-state index contributed by atoms with van der Waals surface area (Å²) in [5.74, 6) is 6.14. The number of hydrogen-bond donors (Lipinski definition) is 2. The van der Waals surface area contributed by atoms with Crippen LogP contribution in [0.3, 0.4) is 0 Å². The lowest BCUT2D eigenvalue weighted by Crippen LogP contribution is -2.05. The number of nitrogens with two attached hydrogens (primary N) is 1. The number of ether oxygens (including phenoxy) is 1. The van der Waals surface area contributed by atoms with Gasteiger partial charge in [0.1, 0.15) is 12.4 Å². The second-order valence-corrected chi connectivity index (χ2v) is 4.72. The molecule has 0 saturated heterocycles. The molecule has 90 valence electrons. The number of para-hydroxylation sites is 1. The van der Waals surface area contributed by atoms with E-state index in [1.807, 2.05) is 32.0 Å².